The van der Waals surface area contributed by atoms with Gasteiger partial charge >= 0.3 is 0 Å². The van der Waals surface area contributed by atoms with Gasteiger partial charge in [0.25, 0.3) is 0 Å². The van der Waals surface area contributed by atoms with Gasteiger partial charge in [-0.1, -0.05) is 26.3 Å². The van der Waals surface area contributed by atoms with E-state index in [4.69, 9.17) is 0 Å². The second-order valence-electron chi connectivity index (χ2n) is 4.93. The molecule has 0 amide bonds. The maximum Gasteiger partial charge on any atom is 0.159 e. The summed E-state index contributed by atoms with van der Waals surface area (Å²) in [5.41, 5.74) is 6.01. The van der Waals surface area contributed by atoms with Gasteiger partial charge in [0.2, 0.25) is 0 Å². The summed E-state index contributed by atoms with van der Waals surface area (Å²) in [6.07, 6.45) is 5.63. The van der Waals surface area contributed by atoms with Crippen LogP contribution in [0.2, 0.25) is 0 Å². The van der Waals surface area contributed by atoms with Crippen LogP contribution in [0.5, 0.6) is 0 Å². The van der Waals surface area contributed by atoms with Gasteiger partial charge in [-0.2, -0.15) is 0 Å². The summed E-state index contributed by atoms with van der Waals surface area (Å²) < 4.78 is 0. The average Bonchev–Trinajstić information content (AvgIpc) is 2.28. The van der Waals surface area contributed by atoms with E-state index >= 15 is 0 Å². The van der Waals surface area contributed by atoms with E-state index in [9.17, 15) is 4.79 Å². The molecule has 0 radical (unpaired) electrons. The summed E-state index contributed by atoms with van der Waals surface area (Å²) in [6.45, 7) is 10.2. The molecule has 0 spiro atoms. The van der Waals surface area contributed by atoms with E-state index < -0.39 is 0 Å². The Hall–Kier alpha value is -1.37. The van der Waals surface area contributed by atoms with Crippen molar-refractivity contribution < 1.29 is 4.79 Å². The van der Waals surface area contributed by atoms with Crippen LogP contribution in [-0.4, -0.2) is 5.78 Å². The lowest BCUT2D eigenvalue weighted by molar-refractivity contribution is 0.101. The molecule has 1 aromatic carbocycles. The fourth-order valence-corrected chi connectivity index (χ4v) is 2.52. The second-order valence-corrected chi connectivity index (χ2v) is 4.93. The van der Waals surface area contributed by atoms with Crippen molar-refractivity contribution in [3.8, 4) is 0 Å². The second kappa shape index (κ2) is 6.53. The number of carbonyl (C=O) groups is 1. The van der Waals surface area contributed by atoms with E-state index in [1.165, 1.54) is 22.3 Å². The van der Waals surface area contributed by atoms with Gasteiger partial charge in [-0.15, -0.1) is 0 Å². The smallest absolute Gasteiger partial charge is 0.159 e. The molecule has 1 nitrogen and oxygen atoms in total. The first kappa shape index (κ1) is 14.7. The van der Waals surface area contributed by atoms with Crippen LogP contribution in [0.25, 0.3) is 5.57 Å². The summed E-state index contributed by atoms with van der Waals surface area (Å²) in [7, 11) is 0. The number of Topliss-reactive ketones (excluding diaryl/α,β-unsaturated/α-hetero) is 1. The zero-order valence-electron chi connectivity index (χ0n) is 12.3. The van der Waals surface area contributed by atoms with Crippen molar-refractivity contribution in [1.29, 1.82) is 0 Å². The molecular weight excluding hydrogens is 220 g/mol. The van der Waals surface area contributed by atoms with Gasteiger partial charge in [0, 0.05) is 5.56 Å². The highest BCUT2D eigenvalue weighted by Gasteiger charge is 2.11. The number of carbonyl (C=O) groups excluding carboxylic acids is 1. The van der Waals surface area contributed by atoms with Crippen molar-refractivity contribution in [2.24, 2.45) is 0 Å². The Bertz CT molecular complexity index is 443. The van der Waals surface area contributed by atoms with Crippen LogP contribution in [0.1, 0.15) is 67.1 Å². The zero-order chi connectivity index (χ0) is 13.7. The minimum Gasteiger partial charge on any atom is -0.295 e. The Morgan fingerprint density at radius 2 is 1.72 bits per heavy atom. The van der Waals surface area contributed by atoms with Crippen LogP contribution in [0.3, 0.4) is 0 Å². The van der Waals surface area contributed by atoms with Crippen molar-refractivity contribution >= 4 is 11.4 Å². The number of hydrogen-bond donors (Lipinski definition) is 0. The molecule has 0 N–H and O–H groups in total. The van der Waals surface area contributed by atoms with Crippen LogP contribution in [0, 0.1) is 13.8 Å². The van der Waals surface area contributed by atoms with E-state index in [2.05, 4.69) is 33.8 Å². The molecule has 0 saturated heterocycles. The van der Waals surface area contributed by atoms with E-state index in [0.717, 1.165) is 24.8 Å². The molecule has 0 bridgehead atoms. The minimum absolute atomic E-state index is 0.143. The Morgan fingerprint density at radius 1 is 1.17 bits per heavy atom. The third-order valence-corrected chi connectivity index (χ3v) is 3.23. The average molecular weight is 244 g/mol. The van der Waals surface area contributed by atoms with E-state index in [-0.39, 0.29) is 5.78 Å². The number of aryl methyl sites for hydroxylation is 2. The monoisotopic (exact) mass is 244 g/mol. The molecule has 0 heterocycles. The van der Waals surface area contributed by atoms with Crippen LogP contribution in [-0.2, 0) is 0 Å². The molecule has 98 valence electrons. The van der Waals surface area contributed by atoms with E-state index in [1.54, 1.807) is 6.92 Å². The van der Waals surface area contributed by atoms with Crippen LogP contribution in [0.15, 0.2) is 18.2 Å². The van der Waals surface area contributed by atoms with E-state index in [0.29, 0.717) is 0 Å². The largest absolute Gasteiger partial charge is 0.295 e. The third-order valence-electron chi connectivity index (χ3n) is 3.23. The number of allylic oxidation sites excluding steroid dienone is 2. The molecular formula is C17H24O. The van der Waals surface area contributed by atoms with Crippen LogP contribution < -0.4 is 0 Å². The Kier molecular flexibility index (Phi) is 5.33. The number of hydrogen-bond acceptors (Lipinski definition) is 1. The first-order valence-corrected chi connectivity index (χ1v) is 6.82. The normalized spacial score (nSPS) is 11.7. The fraction of sp³-hybridized carbons (Fsp3) is 0.471. The highest BCUT2D eigenvalue weighted by molar-refractivity contribution is 5.95. The first-order chi connectivity index (χ1) is 8.51. The number of benzene rings is 1. The predicted octanol–water partition coefficient (Wildman–Crippen LogP) is 5.10. The molecule has 0 aliphatic rings. The maximum absolute atomic E-state index is 11.5. The van der Waals surface area contributed by atoms with Crippen molar-refractivity contribution in [2.45, 2.75) is 53.9 Å². The molecule has 1 aromatic rings. The molecule has 0 unspecified atom stereocenters. The fourth-order valence-electron chi connectivity index (χ4n) is 2.52. The van der Waals surface area contributed by atoms with Gasteiger partial charge in [0.1, 0.15) is 0 Å². The van der Waals surface area contributed by atoms with Crippen molar-refractivity contribution in [1.82, 2.24) is 0 Å². The predicted molar refractivity (Wildman–Crippen MR) is 79.1 cm³/mol. The summed E-state index contributed by atoms with van der Waals surface area (Å²) in [4.78, 5) is 11.5. The van der Waals surface area contributed by atoms with Gasteiger partial charge in [0.15, 0.2) is 5.78 Å². The summed E-state index contributed by atoms with van der Waals surface area (Å²) >= 11 is 0. The standard InChI is InChI=1S/C17H24O/c1-6-8-15(9-7-2)17-12(3)10-16(14(5)18)11-13(17)4/h8,10-11H,6-7,9H2,1-5H3/b15-8+. The lowest BCUT2D eigenvalue weighted by atomic mass is 9.90. The molecule has 1 heteroatoms. The van der Waals surface area contributed by atoms with Crippen LogP contribution >= 0.6 is 0 Å². The lowest BCUT2D eigenvalue weighted by Crippen LogP contribution is -2.00. The van der Waals surface area contributed by atoms with Gasteiger partial charge < -0.3 is 0 Å². The number of rotatable bonds is 5. The summed E-state index contributed by atoms with van der Waals surface area (Å²) in [6, 6.07) is 4.04. The Morgan fingerprint density at radius 3 is 2.11 bits per heavy atom. The van der Waals surface area contributed by atoms with Crippen molar-refractivity contribution in [2.75, 3.05) is 0 Å². The van der Waals surface area contributed by atoms with Crippen molar-refractivity contribution in [3.63, 3.8) is 0 Å². The molecule has 0 aliphatic carbocycles. The summed E-state index contributed by atoms with van der Waals surface area (Å²) in [5.74, 6) is 0.143. The Balaban J connectivity index is 3.32. The van der Waals surface area contributed by atoms with E-state index in [1.807, 2.05) is 12.1 Å². The SMILES string of the molecule is CC/C=C(\CCC)c1c(C)cc(C(C)=O)cc1C. The molecule has 0 aliphatic heterocycles. The minimum atomic E-state index is 0.143. The Labute approximate surface area is 111 Å². The summed E-state index contributed by atoms with van der Waals surface area (Å²) in [5, 5.41) is 0. The van der Waals surface area contributed by atoms with Gasteiger partial charge in [-0.3, -0.25) is 4.79 Å². The zero-order valence-corrected chi connectivity index (χ0v) is 12.3. The first-order valence-electron chi connectivity index (χ1n) is 6.82. The van der Waals surface area contributed by atoms with Gasteiger partial charge in [0.05, 0.1) is 0 Å². The number of ketones is 1. The highest BCUT2D eigenvalue weighted by Crippen LogP contribution is 2.28. The lowest BCUT2D eigenvalue weighted by Gasteiger charge is -2.15. The maximum atomic E-state index is 11.5. The van der Waals surface area contributed by atoms with Gasteiger partial charge in [-0.05, 0) is 68.0 Å². The topological polar surface area (TPSA) is 17.1 Å². The molecule has 0 atom stereocenters. The van der Waals surface area contributed by atoms with Crippen LogP contribution in [0.4, 0.5) is 0 Å². The van der Waals surface area contributed by atoms with Crippen molar-refractivity contribution in [3.05, 3.63) is 40.5 Å². The molecule has 0 fully saturated rings. The highest BCUT2D eigenvalue weighted by atomic mass is 16.1. The molecule has 1 rings (SSSR count). The molecule has 18 heavy (non-hydrogen) atoms. The third kappa shape index (κ3) is 3.32. The molecule has 0 saturated carbocycles. The molecule has 0 aromatic heterocycles. The van der Waals surface area contributed by atoms with Gasteiger partial charge in [-0.25, -0.2) is 0 Å². The quantitative estimate of drug-likeness (QED) is 0.659.